The van der Waals surface area contributed by atoms with Crippen LogP contribution in [0.3, 0.4) is 0 Å². The Hall–Kier alpha value is -1.20. The van der Waals surface area contributed by atoms with E-state index in [9.17, 15) is 13.2 Å². The van der Waals surface area contributed by atoms with Gasteiger partial charge < -0.3 is 4.74 Å². The zero-order valence-corrected chi connectivity index (χ0v) is 13.3. The molecule has 0 aliphatic rings. The summed E-state index contributed by atoms with van der Waals surface area (Å²) >= 11 is 9.31. The van der Waals surface area contributed by atoms with Crippen LogP contribution < -0.4 is 4.74 Å². The van der Waals surface area contributed by atoms with Crippen molar-refractivity contribution in [2.75, 3.05) is 0 Å². The van der Waals surface area contributed by atoms with Gasteiger partial charge in [-0.2, -0.15) is 13.2 Å². The number of aryl methyl sites for hydroxylation is 1. The average Bonchev–Trinajstić information content (AvgIpc) is 2.40. The molecule has 0 unspecified atom stereocenters. The molecule has 112 valence electrons. The molecule has 6 heteroatoms. The van der Waals surface area contributed by atoms with Gasteiger partial charge in [-0.25, -0.2) is 0 Å². The summed E-state index contributed by atoms with van der Waals surface area (Å²) in [7, 11) is 0. The lowest BCUT2D eigenvalue weighted by Gasteiger charge is -2.13. The van der Waals surface area contributed by atoms with Crippen molar-refractivity contribution in [2.24, 2.45) is 0 Å². The third-order valence-electron chi connectivity index (χ3n) is 2.91. The first-order valence-corrected chi connectivity index (χ1v) is 7.19. The molecule has 0 radical (unpaired) electrons. The molecule has 2 aromatic rings. The highest BCUT2D eigenvalue weighted by Crippen LogP contribution is 2.35. The van der Waals surface area contributed by atoms with Crippen molar-refractivity contribution < 1.29 is 17.9 Å². The lowest BCUT2D eigenvalue weighted by molar-refractivity contribution is -0.137. The zero-order valence-electron chi connectivity index (χ0n) is 11.0. The number of rotatable bonds is 3. The highest BCUT2D eigenvalue weighted by Gasteiger charge is 2.31. The van der Waals surface area contributed by atoms with Crippen LogP contribution in [0.25, 0.3) is 0 Å². The highest BCUT2D eigenvalue weighted by atomic mass is 79.9. The second-order valence-electron chi connectivity index (χ2n) is 4.48. The van der Waals surface area contributed by atoms with Crippen molar-refractivity contribution in [3.8, 4) is 5.75 Å². The van der Waals surface area contributed by atoms with Crippen LogP contribution >= 0.6 is 27.5 Å². The number of ether oxygens (including phenoxy) is 1. The minimum atomic E-state index is -4.42. The molecule has 2 rings (SSSR count). The fourth-order valence-electron chi connectivity index (χ4n) is 1.77. The largest absolute Gasteiger partial charge is 0.487 e. The van der Waals surface area contributed by atoms with Crippen LogP contribution in [0.4, 0.5) is 13.2 Å². The summed E-state index contributed by atoms with van der Waals surface area (Å²) in [6.07, 6.45) is -4.42. The van der Waals surface area contributed by atoms with E-state index in [1.54, 1.807) is 0 Å². The van der Waals surface area contributed by atoms with Crippen LogP contribution in [0.5, 0.6) is 5.75 Å². The Morgan fingerprint density at radius 2 is 1.90 bits per heavy atom. The molecule has 0 atom stereocenters. The molecule has 0 N–H and O–H groups in total. The molecule has 0 spiro atoms. The normalized spacial score (nSPS) is 11.5. The molecule has 1 nitrogen and oxygen atoms in total. The Bertz CT molecular complexity index is 656. The van der Waals surface area contributed by atoms with E-state index in [0.29, 0.717) is 0 Å². The first-order valence-electron chi connectivity index (χ1n) is 6.02. The van der Waals surface area contributed by atoms with E-state index in [1.807, 2.05) is 25.1 Å². The van der Waals surface area contributed by atoms with Gasteiger partial charge in [-0.3, -0.25) is 0 Å². The minimum absolute atomic E-state index is 0.0138. The number of alkyl halides is 3. The van der Waals surface area contributed by atoms with Crippen molar-refractivity contribution in [1.29, 1.82) is 0 Å². The average molecular weight is 380 g/mol. The molecule has 0 amide bonds. The van der Waals surface area contributed by atoms with Crippen LogP contribution in [0, 0.1) is 6.92 Å². The van der Waals surface area contributed by atoms with Gasteiger partial charge in [-0.1, -0.05) is 45.7 Å². The van der Waals surface area contributed by atoms with Gasteiger partial charge in [0.05, 0.1) is 10.6 Å². The second kappa shape index (κ2) is 6.28. The van der Waals surface area contributed by atoms with E-state index in [1.165, 1.54) is 6.07 Å². The maximum atomic E-state index is 12.7. The third-order valence-corrected chi connectivity index (χ3v) is 4.36. The van der Waals surface area contributed by atoms with Crippen molar-refractivity contribution in [3.05, 3.63) is 62.6 Å². The van der Waals surface area contributed by atoms with E-state index < -0.39 is 11.7 Å². The summed E-state index contributed by atoms with van der Waals surface area (Å²) in [5.74, 6) is 0.0138. The van der Waals surface area contributed by atoms with Crippen molar-refractivity contribution in [3.63, 3.8) is 0 Å². The van der Waals surface area contributed by atoms with Crippen molar-refractivity contribution in [1.82, 2.24) is 0 Å². The summed E-state index contributed by atoms with van der Waals surface area (Å²) in [5.41, 5.74) is 1.07. The Morgan fingerprint density at radius 1 is 1.19 bits per heavy atom. The van der Waals surface area contributed by atoms with E-state index in [4.69, 9.17) is 16.3 Å². The SMILES string of the molecule is Cc1cccc(COc2cc(C(F)(F)F)ccc2Cl)c1Br. The summed E-state index contributed by atoms with van der Waals surface area (Å²) < 4.78 is 44.3. The van der Waals surface area contributed by atoms with Crippen LogP contribution in [0.2, 0.25) is 5.02 Å². The Balaban J connectivity index is 2.22. The summed E-state index contributed by atoms with van der Waals surface area (Å²) in [6.45, 7) is 2.05. The van der Waals surface area contributed by atoms with Gasteiger partial charge in [0.1, 0.15) is 12.4 Å². The molecule has 2 aromatic carbocycles. The maximum Gasteiger partial charge on any atom is 0.416 e. The molecule has 0 bridgehead atoms. The smallest absolute Gasteiger partial charge is 0.416 e. The number of benzene rings is 2. The predicted molar refractivity (Wildman–Crippen MR) is 79.7 cm³/mol. The quantitative estimate of drug-likeness (QED) is 0.634. The highest BCUT2D eigenvalue weighted by molar-refractivity contribution is 9.10. The van der Waals surface area contributed by atoms with Crippen LogP contribution in [0.15, 0.2) is 40.9 Å². The van der Waals surface area contributed by atoms with Gasteiger partial charge in [0.25, 0.3) is 0 Å². The maximum absolute atomic E-state index is 12.7. The van der Waals surface area contributed by atoms with Crippen molar-refractivity contribution in [2.45, 2.75) is 19.7 Å². The number of halogens is 5. The molecular weight excluding hydrogens is 369 g/mol. The van der Waals surface area contributed by atoms with Gasteiger partial charge in [0.2, 0.25) is 0 Å². The lowest BCUT2D eigenvalue weighted by Crippen LogP contribution is -2.06. The minimum Gasteiger partial charge on any atom is -0.487 e. The first-order chi connectivity index (χ1) is 9.79. The molecule has 0 aliphatic carbocycles. The molecule has 0 aliphatic heterocycles. The van der Waals surface area contributed by atoms with Gasteiger partial charge in [-0.05, 0) is 30.7 Å². The topological polar surface area (TPSA) is 9.23 Å². The molecule has 21 heavy (non-hydrogen) atoms. The van der Waals surface area contributed by atoms with Gasteiger partial charge in [0, 0.05) is 10.0 Å². The summed E-state index contributed by atoms with van der Waals surface area (Å²) in [4.78, 5) is 0. The monoisotopic (exact) mass is 378 g/mol. The molecule has 0 saturated carbocycles. The Labute approximate surface area is 133 Å². The van der Waals surface area contributed by atoms with E-state index >= 15 is 0 Å². The van der Waals surface area contributed by atoms with Crippen LogP contribution in [0.1, 0.15) is 16.7 Å². The standard InChI is InChI=1S/C15H11BrClF3O/c1-9-3-2-4-10(14(9)16)8-21-13-7-11(15(18,19)20)5-6-12(13)17/h2-7H,8H2,1H3. The van der Waals surface area contributed by atoms with Gasteiger partial charge in [-0.15, -0.1) is 0 Å². The number of hydrogen-bond donors (Lipinski definition) is 0. The molecule has 0 aromatic heterocycles. The second-order valence-corrected chi connectivity index (χ2v) is 5.68. The van der Waals surface area contributed by atoms with E-state index in [-0.39, 0.29) is 17.4 Å². The van der Waals surface area contributed by atoms with Crippen LogP contribution in [-0.4, -0.2) is 0 Å². The van der Waals surface area contributed by atoms with Gasteiger partial charge in [0.15, 0.2) is 0 Å². The molecular formula is C15H11BrClF3O. The molecule has 0 fully saturated rings. The fraction of sp³-hybridized carbons (Fsp3) is 0.200. The Kier molecular flexibility index (Phi) is 4.84. The number of hydrogen-bond acceptors (Lipinski definition) is 1. The zero-order chi connectivity index (χ0) is 15.6. The summed E-state index contributed by atoms with van der Waals surface area (Å²) in [5, 5.41) is 0.145. The lowest BCUT2D eigenvalue weighted by atomic mass is 10.1. The van der Waals surface area contributed by atoms with E-state index in [2.05, 4.69) is 15.9 Å². The van der Waals surface area contributed by atoms with Crippen molar-refractivity contribution >= 4 is 27.5 Å². The predicted octanol–water partition coefficient (Wildman–Crippen LogP) is 6.01. The van der Waals surface area contributed by atoms with Crippen LogP contribution in [-0.2, 0) is 12.8 Å². The van der Waals surface area contributed by atoms with Gasteiger partial charge >= 0.3 is 6.18 Å². The first kappa shape index (κ1) is 16.2. The molecule has 0 saturated heterocycles. The molecule has 0 heterocycles. The fourth-order valence-corrected chi connectivity index (χ4v) is 2.32. The third kappa shape index (κ3) is 3.92. The Morgan fingerprint density at radius 3 is 2.57 bits per heavy atom. The summed E-state index contributed by atoms with van der Waals surface area (Å²) in [6, 6.07) is 8.63. The van der Waals surface area contributed by atoms with E-state index in [0.717, 1.165) is 27.7 Å².